The molecule has 6 N–H and O–H groups in total. The fourth-order valence-electron chi connectivity index (χ4n) is 3.98. The number of phosphoric ester groups is 1. The largest absolute Gasteiger partial charge is 0.469 e. The van der Waals surface area contributed by atoms with E-state index in [-0.39, 0.29) is 13.0 Å². The summed E-state index contributed by atoms with van der Waals surface area (Å²) in [5.41, 5.74) is -1.25. The number of hydrogen-bond donors (Lipinski definition) is 6. The maximum Gasteiger partial charge on any atom is 0.469 e. The van der Waals surface area contributed by atoms with Gasteiger partial charge in [0.2, 0.25) is 0 Å². The molecule has 10 nitrogen and oxygen atoms in total. The van der Waals surface area contributed by atoms with Crippen LogP contribution in [0.3, 0.4) is 0 Å². The summed E-state index contributed by atoms with van der Waals surface area (Å²) >= 11 is 0. The molecular weight excluding hydrogens is 323 g/mol. The molecule has 2 saturated carbocycles. The van der Waals surface area contributed by atoms with E-state index in [0.29, 0.717) is 0 Å². The summed E-state index contributed by atoms with van der Waals surface area (Å²) in [6.07, 6.45) is -4.44. The Hall–Kier alpha value is -0.130. The first kappa shape index (κ1) is 16.7. The van der Waals surface area contributed by atoms with Crippen molar-refractivity contribution in [2.75, 3.05) is 13.2 Å². The molecule has 0 amide bonds. The van der Waals surface area contributed by atoms with Crippen molar-refractivity contribution in [2.45, 2.75) is 43.2 Å². The maximum atomic E-state index is 10.7. The summed E-state index contributed by atoms with van der Waals surface area (Å²) in [5, 5.41) is 41.0. The highest BCUT2D eigenvalue weighted by Gasteiger charge is 2.98. The Morgan fingerprint density at radius 1 is 1.41 bits per heavy atom. The Bertz CT molecular complexity index is 523. The Kier molecular flexibility index (Phi) is 3.57. The van der Waals surface area contributed by atoms with Gasteiger partial charge in [-0.15, -0.1) is 0 Å². The van der Waals surface area contributed by atoms with Crippen LogP contribution in [-0.4, -0.2) is 73.3 Å². The summed E-state index contributed by atoms with van der Waals surface area (Å²) in [4.78, 5) is 17.3. The molecule has 3 aliphatic rings. The molecule has 11 heteroatoms. The molecule has 7 unspecified atom stereocenters. The van der Waals surface area contributed by atoms with Crippen LogP contribution in [0.1, 0.15) is 13.3 Å². The van der Waals surface area contributed by atoms with E-state index in [1.165, 1.54) is 0 Å². The second-order valence-electron chi connectivity index (χ2n) is 5.95. The highest BCUT2D eigenvalue weighted by Crippen LogP contribution is 2.82. The fourth-order valence-corrected chi connectivity index (χ4v) is 4.33. The molecule has 3 rings (SSSR count). The minimum absolute atomic E-state index is 0.158. The van der Waals surface area contributed by atoms with Crippen LogP contribution in [-0.2, 0) is 18.6 Å². The van der Waals surface area contributed by atoms with Gasteiger partial charge in [-0.2, -0.15) is 0 Å². The van der Waals surface area contributed by atoms with Crippen LogP contribution in [0, 0.1) is 11.3 Å². The Balaban J connectivity index is 1.79. The van der Waals surface area contributed by atoms with Gasteiger partial charge in [-0.25, -0.2) is 4.57 Å². The molecule has 7 atom stereocenters. The standard InChI is InChI=1S/C11H19O10P/c1-2-19-10-4-9(10)8(14)7(13)6(11(9,15)21-10)5(12)3-20-22(16,17)18/h5-8,12-15H,2-4H2,1H3,(H2,16,17,18). The monoisotopic (exact) mass is 342 g/mol. The lowest BCUT2D eigenvalue weighted by atomic mass is 9.84. The number of hydrogen-bond acceptors (Lipinski definition) is 8. The highest BCUT2D eigenvalue weighted by atomic mass is 31.2. The fraction of sp³-hybridized carbons (Fsp3) is 1.00. The number of rotatable bonds is 6. The number of aliphatic hydroxyl groups is 4. The average molecular weight is 342 g/mol. The molecule has 0 aromatic carbocycles. The predicted octanol–water partition coefficient (Wildman–Crippen LogP) is -2.35. The predicted molar refractivity (Wildman–Crippen MR) is 66.9 cm³/mol. The molecule has 128 valence electrons. The molecule has 3 fully saturated rings. The zero-order chi connectivity index (χ0) is 16.6. The van der Waals surface area contributed by atoms with Crippen LogP contribution in [0.15, 0.2) is 0 Å². The van der Waals surface area contributed by atoms with E-state index in [9.17, 15) is 25.0 Å². The van der Waals surface area contributed by atoms with E-state index >= 15 is 0 Å². The molecule has 0 bridgehead atoms. The Morgan fingerprint density at radius 3 is 2.59 bits per heavy atom. The van der Waals surface area contributed by atoms with Gasteiger partial charge in [0.05, 0.1) is 30.8 Å². The number of aliphatic hydroxyl groups excluding tert-OH is 3. The zero-order valence-electron chi connectivity index (χ0n) is 11.7. The van der Waals surface area contributed by atoms with E-state index in [1.807, 2.05) is 0 Å². The van der Waals surface area contributed by atoms with E-state index in [0.717, 1.165) is 0 Å². The van der Waals surface area contributed by atoms with Crippen LogP contribution in [0.25, 0.3) is 0 Å². The minimum Gasteiger partial charge on any atom is -0.390 e. The van der Waals surface area contributed by atoms with Gasteiger partial charge in [-0.05, 0) is 6.92 Å². The van der Waals surface area contributed by atoms with Crippen molar-refractivity contribution >= 4 is 7.82 Å². The topological polar surface area (TPSA) is 166 Å². The lowest BCUT2D eigenvalue weighted by molar-refractivity contribution is -0.442. The van der Waals surface area contributed by atoms with Gasteiger partial charge < -0.3 is 39.7 Å². The molecule has 0 radical (unpaired) electrons. The first-order chi connectivity index (χ1) is 10.0. The second kappa shape index (κ2) is 4.70. The molecule has 1 saturated heterocycles. The number of ether oxygens (including phenoxy) is 2. The quantitative estimate of drug-likeness (QED) is 0.288. The molecule has 2 aliphatic carbocycles. The van der Waals surface area contributed by atoms with Gasteiger partial charge in [0.1, 0.15) is 5.41 Å². The van der Waals surface area contributed by atoms with Crippen LogP contribution >= 0.6 is 7.82 Å². The van der Waals surface area contributed by atoms with Gasteiger partial charge in [-0.1, -0.05) is 0 Å². The van der Waals surface area contributed by atoms with Crippen molar-refractivity contribution in [1.29, 1.82) is 0 Å². The SMILES string of the molecule is CCOC12CC13C(O)C(O)C(C(O)COP(=O)(O)O)C3(O)O2. The lowest BCUT2D eigenvalue weighted by Crippen LogP contribution is -2.65. The Morgan fingerprint density at radius 2 is 2.05 bits per heavy atom. The molecular formula is C11H19O10P. The van der Waals surface area contributed by atoms with E-state index in [2.05, 4.69) is 4.52 Å². The van der Waals surface area contributed by atoms with Crippen molar-refractivity contribution in [3.63, 3.8) is 0 Å². The smallest absolute Gasteiger partial charge is 0.390 e. The first-order valence-corrected chi connectivity index (χ1v) is 8.38. The normalized spacial score (nSPS) is 51.0. The van der Waals surface area contributed by atoms with Crippen molar-refractivity contribution < 1.29 is 48.8 Å². The van der Waals surface area contributed by atoms with E-state index in [1.54, 1.807) is 6.92 Å². The van der Waals surface area contributed by atoms with Crippen molar-refractivity contribution in [1.82, 2.24) is 0 Å². The summed E-state index contributed by atoms with van der Waals surface area (Å²) in [6.45, 7) is 1.15. The summed E-state index contributed by atoms with van der Waals surface area (Å²) in [5.74, 6) is -4.61. The molecule has 22 heavy (non-hydrogen) atoms. The Labute approximate surface area is 125 Å². The van der Waals surface area contributed by atoms with Gasteiger partial charge in [0, 0.05) is 13.0 Å². The molecule has 1 aliphatic heterocycles. The third-order valence-corrected chi connectivity index (χ3v) is 5.37. The maximum absolute atomic E-state index is 10.7. The highest BCUT2D eigenvalue weighted by molar-refractivity contribution is 7.46. The zero-order valence-corrected chi connectivity index (χ0v) is 12.6. The van der Waals surface area contributed by atoms with E-state index in [4.69, 9.17) is 19.3 Å². The average Bonchev–Trinajstić information content (AvgIpc) is 2.93. The molecule has 0 aromatic rings. The van der Waals surface area contributed by atoms with Crippen LogP contribution in [0.4, 0.5) is 0 Å². The summed E-state index contributed by atoms with van der Waals surface area (Å²) < 4.78 is 25.6. The van der Waals surface area contributed by atoms with Gasteiger partial charge >= 0.3 is 7.82 Å². The van der Waals surface area contributed by atoms with Gasteiger partial charge in [-0.3, -0.25) is 4.52 Å². The van der Waals surface area contributed by atoms with E-state index < -0.39 is 55.6 Å². The van der Waals surface area contributed by atoms with Gasteiger partial charge in [0.15, 0.2) is 11.6 Å². The van der Waals surface area contributed by atoms with Crippen molar-refractivity contribution in [3.8, 4) is 0 Å². The molecule has 1 heterocycles. The second-order valence-corrected chi connectivity index (χ2v) is 7.19. The van der Waals surface area contributed by atoms with Crippen LogP contribution in [0.5, 0.6) is 0 Å². The number of phosphoric acid groups is 1. The molecule has 1 spiro atoms. The van der Waals surface area contributed by atoms with Crippen molar-refractivity contribution in [3.05, 3.63) is 0 Å². The molecule has 0 aromatic heterocycles. The van der Waals surface area contributed by atoms with Crippen molar-refractivity contribution in [2.24, 2.45) is 11.3 Å². The van der Waals surface area contributed by atoms with Gasteiger partial charge in [0.25, 0.3) is 0 Å². The first-order valence-electron chi connectivity index (χ1n) is 6.85. The van der Waals surface area contributed by atoms with Crippen LogP contribution < -0.4 is 0 Å². The summed E-state index contributed by atoms with van der Waals surface area (Å²) in [7, 11) is -4.82. The van der Waals surface area contributed by atoms with Crippen LogP contribution in [0.2, 0.25) is 0 Å². The third-order valence-electron chi connectivity index (χ3n) is 4.88. The minimum atomic E-state index is -4.82. The third kappa shape index (κ3) is 1.85. The lowest BCUT2D eigenvalue weighted by Gasteiger charge is -2.49. The summed E-state index contributed by atoms with van der Waals surface area (Å²) in [6, 6.07) is 0.